The average molecular weight is 239 g/mol. The zero-order valence-electron chi connectivity index (χ0n) is 10.2. The second-order valence-corrected chi connectivity index (χ2v) is 5.91. The topological polar surface area (TPSA) is 35.2 Å². The monoisotopic (exact) mass is 239 g/mol. The van der Waals surface area contributed by atoms with E-state index in [0.717, 1.165) is 12.8 Å². The van der Waals surface area contributed by atoms with Gasteiger partial charge in [-0.15, -0.1) is 11.3 Å². The molecule has 1 aromatic rings. The maximum atomic E-state index is 6.41. The highest BCUT2D eigenvalue weighted by Gasteiger charge is 2.39. The molecule has 0 aromatic carbocycles. The van der Waals surface area contributed by atoms with Gasteiger partial charge in [0.15, 0.2) is 0 Å². The summed E-state index contributed by atoms with van der Waals surface area (Å²) in [6, 6.07) is 2.23. The molecule has 1 aliphatic carbocycles. The van der Waals surface area contributed by atoms with Crippen molar-refractivity contribution in [3.8, 4) is 0 Å². The van der Waals surface area contributed by atoms with Crippen LogP contribution in [0.25, 0.3) is 0 Å². The van der Waals surface area contributed by atoms with Crippen LogP contribution >= 0.6 is 11.3 Å². The third-order valence-electron chi connectivity index (χ3n) is 3.78. The first-order chi connectivity index (χ1) is 7.68. The van der Waals surface area contributed by atoms with Crippen LogP contribution < -0.4 is 5.73 Å². The zero-order valence-corrected chi connectivity index (χ0v) is 11.0. The molecule has 0 aliphatic heterocycles. The number of ether oxygens (including phenoxy) is 1. The molecule has 0 spiro atoms. The van der Waals surface area contributed by atoms with Crippen molar-refractivity contribution in [2.24, 2.45) is 5.73 Å². The van der Waals surface area contributed by atoms with Crippen LogP contribution in [0.15, 0.2) is 11.4 Å². The van der Waals surface area contributed by atoms with Gasteiger partial charge < -0.3 is 10.5 Å². The number of hydrogen-bond acceptors (Lipinski definition) is 3. The minimum absolute atomic E-state index is 0.0303. The molecule has 1 atom stereocenters. The lowest BCUT2D eigenvalue weighted by atomic mass is 9.77. The predicted molar refractivity (Wildman–Crippen MR) is 68.8 cm³/mol. The number of nitrogens with two attached hydrogens (primary N) is 1. The van der Waals surface area contributed by atoms with E-state index in [2.05, 4.69) is 18.4 Å². The van der Waals surface area contributed by atoms with E-state index in [1.54, 1.807) is 11.3 Å². The Bertz CT molecular complexity index is 341. The highest BCUT2D eigenvalue weighted by atomic mass is 32.1. The van der Waals surface area contributed by atoms with Crippen molar-refractivity contribution in [1.82, 2.24) is 0 Å². The highest BCUT2D eigenvalue weighted by molar-refractivity contribution is 7.10. The molecule has 3 heteroatoms. The Kier molecular flexibility index (Phi) is 3.67. The first-order valence-corrected chi connectivity index (χ1v) is 6.92. The summed E-state index contributed by atoms with van der Waals surface area (Å²) in [6.07, 6.45) is 5.99. The van der Waals surface area contributed by atoms with Crippen LogP contribution in [-0.2, 0) is 4.74 Å². The Balaban J connectivity index is 2.20. The van der Waals surface area contributed by atoms with Crippen molar-refractivity contribution >= 4 is 11.3 Å². The third-order valence-corrected chi connectivity index (χ3v) is 4.66. The molecule has 1 aliphatic rings. The molecule has 2 N–H and O–H groups in total. The van der Waals surface area contributed by atoms with Gasteiger partial charge in [0.2, 0.25) is 0 Å². The Morgan fingerprint density at radius 2 is 2.06 bits per heavy atom. The number of rotatable bonds is 3. The van der Waals surface area contributed by atoms with Gasteiger partial charge >= 0.3 is 0 Å². The summed E-state index contributed by atoms with van der Waals surface area (Å²) >= 11 is 1.77. The third kappa shape index (κ3) is 2.17. The molecule has 0 radical (unpaired) electrons. The molecule has 1 saturated carbocycles. The van der Waals surface area contributed by atoms with Crippen molar-refractivity contribution in [3.63, 3.8) is 0 Å². The second-order valence-electron chi connectivity index (χ2n) is 4.80. The van der Waals surface area contributed by atoms with E-state index in [-0.39, 0.29) is 11.6 Å². The maximum absolute atomic E-state index is 6.41. The lowest BCUT2D eigenvalue weighted by Crippen LogP contribution is -2.44. The fourth-order valence-corrected chi connectivity index (χ4v) is 3.46. The molecular weight excluding hydrogens is 218 g/mol. The summed E-state index contributed by atoms with van der Waals surface area (Å²) in [5, 5.41) is 2.18. The fourth-order valence-electron chi connectivity index (χ4n) is 2.72. The molecule has 90 valence electrons. The van der Waals surface area contributed by atoms with Crippen molar-refractivity contribution < 1.29 is 4.74 Å². The zero-order chi connectivity index (χ0) is 11.6. The summed E-state index contributed by atoms with van der Waals surface area (Å²) < 4.78 is 5.78. The molecular formula is C13H21NOS. The Hall–Kier alpha value is -0.380. The SMILES string of the molecule is COC1(C(N)c2csc(C)c2)CCCCC1. The number of hydrogen-bond donors (Lipinski definition) is 1. The van der Waals surface area contributed by atoms with Crippen LogP contribution in [0.2, 0.25) is 0 Å². The second kappa shape index (κ2) is 4.86. The van der Waals surface area contributed by atoms with Crippen LogP contribution in [0.4, 0.5) is 0 Å². The van der Waals surface area contributed by atoms with E-state index in [0.29, 0.717) is 0 Å². The molecule has 16 heavy (non-hydrogen) atoms. The molecule has 2 nitrogen and oxygen atoms in total. The molecule has 1 heterocycles. The first-order valence-electron chi connectivity index (χ1n) is 6.04. The quantitative estimate of drug-likeness (QED) is 0.877. The van der Waals surface area contributed by atoms with Crippen molar-refractivity contribution in [3.05, 3.63) is 21.9 Å². The van der Waals surface area contributed by atoms with E-state index >= 15 is 0 Å². The van der Waals surface area contributed by atoms with Gasteiger partial charge in [-0.05, 0) is 36.8 Å². The van der Waals surface area contributed by atoms with Gasteiger partial charge in [-0.3, -0.25) is 0 Å². The fraction of sp³-hybridized carbons (Fsp3) is 0.692. The lowest BCUT2D eigenvalue weighted by molar-refractivity contribution is -0.0594. The summed E-state index contributed by atoms with van der Waals surface area (Å²) in [5.41, 5.74) is 7.53. The molecule has 1 unspecified atom stereocenters. The maximum Gasteiger partial charge on any atom is 0.0870 e. The Morgan fingerprint density at radius 3 is 2.56 bits per heavy atom. The molecule has 2 rings (SSSR count). The standard InChI is InChI=1S/C13H21NOS/c1-10-8-11(9-16-10)12(14)13(15-2)6-4-3-5-7-13/h8-9,12H,3-7,14H2,1-2H3. The van der Waals surface area contributed by atoms with Gasteiger partial charge in [-0.1, -0.05) is 19.3 Å². The molecule has 0 saturated heterocycles. The van der Waals surface area contributed by atoms with E-state index in [1.165, 1.54) is 29.7 Å². The van der Waals surface area contributed by atoms with Crippen LogP contribution in [-0.4, -0.2) is 12.7 Å². The average Bonchev–Trinajstić information content (AvgIpc) is 2.76. The van der Waals surface area contributed by atoms with E-state index in [4.69, 9.17) is 10.5 Å². The van der Waals surface area contributed by atoms with Crippen LogP contribution in [0.3, 0.4) is 0 Å². The Labute approximate surface area is 102 Å². The van der Waals surface area contributed by atoms with Crippen molar-refractivity contribution in [1.29, 1.82) is 0 Å². The summed E-state index contributed by atoms with van der Waals surface area (Å²) in [5.74, 6) is 0. The first kappa shape index (κ1) is 12.1. The van der Waals surface area contributed by atoms with E-state index in [1.807, 2.05) is 7.11 Å². The van der Waals surface area contributed by atoms with Gasteiger partial charge in [0, 0.05) is 12.0 Å². The van der Waals surface area contributed by atoms with E-state index < -0.39 is 0 Å². The van der Waals surface area contributed by atoms with Crippen LogP contribution in [0.5, 0.6) is 0 Å². The number of methoxy groups -OCH3 is 1. The largest absolute Gasteiger partial charge is 0.376 e. The number of thiophene rings is 1. The van der Waals surface area contributed by atoms with Gasteiger partial charge in [-0.2, -0.15) is 0 Å². The minimum Gasteiger partial charge on any atom is -0.376 e. The Morgan fingerprint density at radius 1 is 1.38 bits per heavy atom. The number of aryl methyl sites for hydroxylation is 1. The normalized spacial score (nSPS) is 21.9. The predicted octanol–water partition coefficient (Wildman–Crippen LogP) is 3.41. The summed E-state index contributed by atoms with van der Waals surface area (Å²) in [4.78, 5) is 1.33. The van der Waals surface area contributed by atoms with Crippen molar-refractivity contribution in [2.45, 2.75) is 50.7 Å². The lowest BCUT2D eigenvalue weighted by Gasteiger charge is -2.40. The smallest absolute Gasteiger partial charge is 0.0870 e. The van der Waals surface area contributed by atoms with Crippen molar-refractivity contribution in [2.75, 3.05) is 7.11 Å². The van der Waals surface area contributed by atoms with Gasteiger partial charge in [-0.25, -0.2) is 0 Å². The highest BCUT2D eigenvalue weighted by Crippen LogP contribution is 2.40. The van der Waals surface area contributed by atoms with Gasteiger partial charge in [0.25, 0.3) is 0 Å². The molecule has 1 fully saturated rings. The van der Waals surface area contributed by atoms with E-state index in [9.17, 15) is 0 Å². The molecule has 0 bridgehead atoms. The molecule has 1 aromatic heterocycles. The van der Waals surface area contributed by atoms with Gasteiger partial charge in [0.1, 0.15) is 0 Å². The minimum atomic E-state index is -0.119. The van der Waals surface area contributed by atoms with Crippen LogP contribution in [0.1, 0.15) is 48.6 Å². The summed E-state index contributed by atoms with van der Waals surface area (Å²) in [7, 11) is 1.81. The summed E-state index contributed by atoms with van der Waals surface area (Å²) in [6.45, 7) is 2.13. The molecule has 0 amide bonds. The van der Waals surface area contributed by atoms with Crippen LogP contribution in [0, 0.1) is 6.92 Å². The van der Waals surface area contributed by atoms with Gasteiger partial charge in [0.05, 0.1) is 11.6 Å².